The number of fused-ring (bicyclic) bond motifs is 1. The van der Waals surface area contributed by atoms with Gasteiger partial charge in [0.15, 0.2) is 0 Å². The summed E-state index contributed by atoms with van der Waals surface area (Å²) < 4.78 is 34.4. The Hall–Kier alpha value is -2.91. The SMILES string of the molecule is CCN(CC)S(=O)(=O)c1ccc(C(=O)N(Cc2ccco2)Cc2nn(C)c3c2CCC3)cc1. The molecule has 0 saturated heterocycles. The Kier molecular flexibility index (Phi) is 6.71. The van der Waals surface area contributed by atoms with Crippen molar-refractivity contribution < 1.29 is 17.6 Å². The number of rotatable bonds is 9. The number of benzene rings is 1. The second-order valence-corrected chi connectivity index (χ2v) is 10.1. The van der Waals surface area contributed by atoms with Crippen molar-refractivity contribution >= 4 is 15.9 Å². The number of furan rings is 1. The third-order valence-corrected chi connectivity index (χ3v) is 8.26. The molecule has 2 heterocycles. The minimum absolute atomic E-state index is 0.183. The number of sulfonamides is 1. The summed E-state index contributed by atoms with van der Waals surface area (Å²) in [4.78, 5) is 15.4. The van der Waals surface area contributed by atoms with Gasteiger partial charge in [0.1, 0.15) is 5.76 Å². The lowest BCUT2D eigenvalue weighted by atomic mass is 10.1. The number of hydrogen-bond donors (Lipinski definition) is 0. The van der Waals surface area contributed by atoms with Crippen LogP contribution in [0.4, 0.5) is 0 Å². The maximum atomic E-state index is 13.5. The summed E-state index contributed by atoms with van der Waals surface area (Å²) in [5.74, 6) is 0.479. The summed E-state index contributed by atoms with van der Waals surface area (Å²) in [5, 5.41) is 4.67. The van der Waals surface area contributed by atoms with Crippen LogP contribution in [0.5, 0.6) is 0 Å². The molecule has 0 unspecified atom stereocenters. The molecule has 0 spiro atoms. The highest BCUT2D eigenvalue weighted by Gasteiger charge is 2.26. The fourth-order valence-electron chi connectivity index (χ4n) is 4.46. The molecular formula is C24H30N4O4S. The first-order valence-corrected chi connectivity index (χ1v) is 12.7. The highest BCUT2D eigenvalue weighted by Crippen LogP contribution is 2.27. The lowest BCUT2D eigenvalue weighted by Gasteiger charge is -2.22. The van der Waals surface area contributed by atoms with Gasteiger partial charge in [-0.05, 0) is 61.2 Å². The molecule has 8 nitrogen and oxygen atoms in total. The van der Waals surface area contributed by atoms with E-state index in [4.69, 9.17) is 4.42 Å². The summed E-state index contributed by atoms with van der Waals surface area (Å²) in [6, 6.07) is 9.80. The van der Waals surface area contributed by atoms with Crippen LogP contribution in [0.2, 0.25) is 0 Å². The van der Waals surface area contributed by atoms with Crippen LogP contribution in [0.1, 0.15) is 53.3 Å². The van der Waals surface area contributed by atoms with Gasteiger partial charge < -0.3 is 9.32 Å². The lowest BCUT2D eigenvalue weighted by molar-refractivity contribution is 0.0714. The predicted octanol–water partition coefficient (Wildman–Crippen LogP) is 3.37. The van der Waals surface area contributed by atoms with E-state index in [9.17, 15) is 13.2 Å². The standard InChI is InChI=1S/C24H30N4O4S/c1-4-28(5-2)33(30,31)20-13-11-18(12-14-20)24(29)27(16-19-8-7-15-32-19)17-22-21-9-6-10-23(21)26(3)25-22/h7-8,11-15H,4-6,9-10,16-17H2,1-3H3. The molecule has 2 aromatic heterocycles. The maximum absolute atomic E-state index is 13.5. The Balaban J connectivity index is 1.61. The molecule has 0 N–H and O–H groups in total. The quantitative estimate of drug-likeness (QED) is 0.478. The van der Waals surface area contributed by atoms with Gasteiger partial charge in [0.05, 0.1) is 29.9 Å². The molecule has 0 saturated carbocycles. The fourth-order valence-corrected chi connectivity index (χ4v) is 5.92. The van der Waals surface area contributed by atoms with Crippen molar-refractivity contribution in [1.82, 2.24) is 19.0 Å². The molecule has 1 aromatic carbocycles. The van der Waals surface area contributed by atoms with Crippen LogP contribution in [-0.2, 0) is 43.0 Å². The van der Waals surface area contributed by atoms with E-state index in [1.54, 1.807) is 43.2 Å². The number of amides is 1. The highest BCUT2D eigenvalue weighted by molar-refractivity contribution is 7.89. The van der Waals surface area contributed by atoms with E-state index in [0.29, 0.717) is 37.5 Å². The van der Waals surface area contributed by atoms with Gasteiger partial charge in [-0.15, -0.1) is 0 Å². The number of aryl methyl sites for hydroxylation is 1. The highest BCUT2D eigenvalue weighted by atomic mass is 32.2. The lowest BCUT2D eigenvalue weighted by Crippen LogP contribution is -2.31. The van der Waals surface area contributed by atoms with Crippen LogP contribution in [0, 0.1) is 0 Å². The van der Waals surface area contributed by atoms with Gasteiger partial charge in [-0.3, -0.25) is 9.48 Å². The molecule has 3 aromatic rings. The summed E-state index contributed by atoms with van der Waals surface area (Å²) >= 11 is 0. The number of nitrogens with zero attached hydrogens (tertiary/aromatic N) is 4. The average molecular weight is 471 g/mol. The molecule has 33 heavy (non-hydrogen) atoms. The minimum Gasteiger partial charge on any atom is -0.467 e. The molecular weight excluding hydrogens is 440 g/mol. The minimum atomic E-state index is -3.58. The van der Waals surface area contributed by atoms with Crippen LogP contribution < -0.4 is 0 Å². The Labute approximate surface area is 194 Å². The van der Waals surface area contributed by atoms with Gasteiger partial charge >= 0.3 is 0 Å². The Bertz CT molecular complexity index is 1210. The number of hydrogen-bond acceptors (Lipinski definition) is 5. The smallest absolute Gasteiger partial charge is 0.254 e. The molecule has 0 atom stereocenters. The van der Waals surface area contributed by atoms with Crippen LogP contribution in [0.15, 0.2) is 52.0 Å². The molecule has 0 aliphatic heterocycles. The summed E-state index contributed by atoms with van der Waals surface area (Å²) in [5.41, 5.74) is 3.80. The van der Waals surface area contributed by atoms with Gasteiger partial charge in [-0.25, -0.2) is 8.42 Å². The molecule has 0 fully saturated rings. The van der Waals surface area contributed by atoms with Crippen molar-refractivity contribution in [3.63, 3.8) is 0 Å². The monoisotopic (exact) mass is 470 g/mol. The second-order valence-electron chi connectivity index (χ2n) is 8.20. The van der Waals surface area contributed by atoms with E-state index in [1.807, 2.05) is 17.8 Å². The van der Waals surface area contributed by atoms with Gasteiger partial charge in [-0.2, -0.15) is 9.40 Å². The number of carbonyl (C=O) groups is 1. The molecule has 1 aliphatic rings. The fraction of sp³-hybridized carbons (Fsp3) is 0.417. The molecule has 9 heteroatoms. The Morgan fingerprint density at radius 3 is 2.45 bits per heavy atom. The van der Waals surface area contributed by atoms with Crippen molar-refractivity contribution in [2.24, 2.45) is 7.05 Å². The van der Waals surface area contributed by atoms with Gasteiger partial charge in [-0.1, -0.05) is 13.8 Å². The molecule has 0 bridgehead atoms. The zero-order chi connectivity index (χ0) is 23.6. The molecule has 4 rings (SSSR count). The predicted molar refractivity (Wildman–Crippen MR) is 124 cm³/mol. The van der Waals surface area contributed by atoms with E-state index in [2.05, 4.69) is 5.10 Å². The summed E-state index contributed by atoms with van der Waals surface area (Å²) in [6.07, 6.45) is 4.67. The van der Waals surface area contributed by atoms with Crippen LogP contribution in [-0.4, -0.2) is 46.4 Å². The van der Waals surface area contributed by atoms with E-state index in [-0.39, 0.29) is 10.8 Å². The third kappa shape index (κ3) is 4.60. The van der Waals surface area contributed by atoms with Gasteiger partial charge in [0.2, 0.25) is 10.0 Å². The third-order valence-electron chi connectivity index (χ3n) is 6.20. The van der Waals surface area contributed by atoms with Crippen molar-refractivity contribution in [3.05, 3.63) is 70.9 Å². The number of aromatic nitrogens is 2. The second kappa shape index (κ2) is 9.52. The van der Waals surface area contributed by atoms with Crippen molar-refractivity contribution in [2.45, 2.75) is 51.1 Å². The van der Waals surface area contributed by atoms with E-state index >= 15 is 0 Å². The normalized spacial score (nSPS) is 13.5. The van der Waals surface area contributed by atoms with E-state index in [0.717, 1.165) is 25.0 Å². The van der Waals surface area contributed by atoms with Crippen LogP contribution in [0.25, 0.3) is 0 Å². The summed E-state index contributed by atoms with van der Waals surface area (Å²) in [7, 11) is -1.63. The van der Waals surface area contributed by atoms with Gasteiger partial charge in [0.25, 0.3) is 5.91 Å². The largest absolute Gasteiger partial charge is 0.467 e. The van der Waals surface area contributed by atoms with Crippen molar-refractivity contribution in [1.29, 1.82) is 0 Å². The van der Waals surface area contributed by atoms with Gasteiger partial charge in [0, 0.05) is 31.4 Å². The number of carbonyl (C=O) groups excluding carboxylic acids is 1. The van der Waals surface area contributed by atoms with E-state index in [1.165, 1.54) is 27.7 Å². The first-order chi connectivity index (χ1) is 15.8. The maximum Gasteiger partial charge on any atom is 0.254 e. The van der Waals surface area contributed by atoms with Crippen LogP contribution >= 0.6 is 0 Å². The topological polar surface area (TPSA) is 88.7 Å². The first-order valence-electron chi connectivity index (χ1n) is 11.3. The molecule has 176 valence electrons. The molecule has 1 amide bonds. The van der Waals surface area contributed by atoms with Crippen molar-refractivity contribution in [3.8, 4) is 0 Å². The zero-order valence-electron chi connectivity index (χ0n) is 19.3. The average Bonchev–Trinajstić information content (AvgIpc) is 3.55. The van der Waals surface area contributed by atoms with Crippen molar-refractivity contribution in [2.75, 3.05) is 13.1 Å². The Morgan fingerprint density at radius 1 is 1.09 bits per heavy atom. The Morgan fingerprint density at radius 2 is 1.82 bits per heavy atom. The first kappa shape index (κ1) is 23.3. The summed E-state index contributed by atoms with van der Waals surface area (Å²) in [6.45, 7) is 5.06. The van der Waals surface area contributed by atoms with Crippen LogP contribution in [0.3, 0.4) is 0 Å². The molecule has 0 radical (unpaired) electrons. The molecule has 1 aliphatic carbocycles. The van der Waals surface area contributed by atoms with E-state index < -0.39 is 10.0 Å². The zero-order valence-corrected chi connectivity index (χ0v) is 20.1.